The summed E-state index contributed by atoms with van der Waals surface area (Å²) in [5.41, 5.74) is 0. The Hall–Kier alpha value is -0.590. The molecule has 0 aliphatic heterocycles. The van der Waals surface area contributed by atoms with Gasteiger partial charge in [0, 0.05) is 24.1 Å². The highest BCUT2D eigenvalue weighted by atomic mass is 79.9. The molecule has 4 nitrogen and oxygen atoms in total. The minimum absolute atomic E-state index is 0.0147. The molecule has 19 heavy (non-hydrogen) atoms. The van der Waals surface area contributed by atoms with Gasteiger partial charge in [-0.25, -0.2) is 4.79 Å². The molecule has 1 heterocycles. The van der Waals surface area contributed by atoms with E-state index in [2.05, 4.69) is 32.6 Å². The van der Waals surface area contributed by atoms with Gasteiger partial charge in [0.2, 0.25) is 0 Å². The summed E-state index contributed by atoms with van der Waals surface area (Å²) >= 11 is 5.09. The fraction of sp³-hybridized carbons (Fsp3) is 0.615. The molecule has 0 aromatic carbocycles. The molecule has 1 unspecified atom stereocenters. The number of carbonyl (C=O) groups is 1. The van der Waals surface area contributed by atoms with E-state index in [4.69, 9.17) is 5.11 Å². The zero-order valence-corrected chi connectivity index (χ0v) is 13.7. The van der Waals surface area contributed by atoms with Crippen LogP contribution in [-0.2, 0) is 6.42 Å². The fourth-order valence-corrected chi connectivity index (χ4v) is 3.20. The van der Waals surface area contributed by atoms with Crippen LogP contribution >= 0.6 is 27.3 Å². The van der Waals surface area contributed by atoms with Crippen molar-refractivity contribution in [2.75, 3.05) is 13.2 Å². The monoisotopic (exact) mass is 348 g/mol. The number of urea groups is 1. The predicted molar refractivity (Wildman–Crippen MR) is 82.6 cm³/mol. The number of hydrogen-bond donors (Lipinski definition) is 3. The summed E-state index contributed by atoms with van der Waals surface area (Å²) in [6.07, 6.45) is 1.42. The molecule has 0 fully saturated rings. The third-order valence-electron chi connectivity index (χ3n) is 2.85. The van der Waals surface area contributed by atoms with Crippen molar-refractivity contribution in [2.24, 2.45) is 5.92 Å². The van der Waals surface area contributed by atoms with Crippen LogP contribution in [0.1, 0.15) is 25.1 Å². The van der Waals surface area contributed by atoms with Gasteiger partial charge in [0.15, 0.2) is 0 Å². The highest BCUT2D eigenvalue weighted by molar-refractivity contribution is 9.11. The summed E-state index contributed by atoms with van der Waals surface area (Å²) in [6.45, 7) is 4.77. The maximum Gasteiger partial charge on any atom is 0.315 e. The van der Waals surface area contributed by atoms with Crippen molar-refractivity contribution in [1.82, 2.24) is 10.6 Å². The number of aliphatic hydroxyl groups excluding tert-OH is 1. The molecule has 1 aromatic rings. The first-order valence-electron chi connectivity index (χ1n) is 6.42. The van der Waals surface area contributed by atoms with Gasteiger partial charge in [-0.15, -0.1) is 11.3 Å². The van der Waals surface area contributed by atoms with Gasteiger partial charge in [-0.1, -0.05) is 13.8 Å². The largest absolute Gasteiger partial charge is 0.396 e. The Morgan fingerprint density at radius 2 is 2.21 bits per heavy atom. The number of amides is 2. The second-order valence-electron chi connectivity index (χ2n) is 4.72. The average Bonchev–Trinajstić information content (AvgIpc) is 2.74. The summed E-state index contributed by atoms with van der Waals surface area (Å²) in [4.78, 5) is 13.0. The van der Waals surface area contributed by atoms with Crippen molar-refractivity contribution < 1.29 is 9.90 Å². The first-order chi connectivity index (χ1) is 9.02. The predicted octanol–water partition coefficient (Wildman–Crippen LogP) is 2.76. The van der Waals surface area contributed by atoms with Crippen LogP contribution in [0.5, 0.6) is 0 Å². The smallest absolute Gasteiger partial charge is 0.315 e. The third-order valence-corrected chi connectivity index (χ3v) is 4.53. The van der Waals surface area contributed by atoms with E-state index in [0.29, 0.717) is 18.9 Å². The lowest BCUT2D eigenvalue weighted by molar-refractivity contribution is 0.219. The molecule has 1 atom stereocenters. The molecule has 1 rings (SSSR count). The minimum Gasteiger partial charge on any atom is -0.396 e. The molecule has 6 heteroatoms. The Labute approximate surface area is 126 Å². The topological polar surface area (TPSA) is 61.4 Å². The molecule has 108 valence electrons. The first kappa shape index (κ1) is 16.5. The summed E-state index contributed by atoms with van der Waals surface area (Å²) in [5.74, 6) is 0.311. The van der Waals surface area contributed by atoms with Gasteiger partial charge in [0.25, 0.3) is 0 Å². The van der Waals surface area contributed by atoms with E-state index in [1.807, 2.05) is 19.9 Å². The Bertz CT molecular complexity index is 396. The van der Waals surface area contributed by atoms with E-state index < -0.39 is 0 Å². The molecular weight excluding hydrogens is 328 g/mol. The lowest BCUT2D eigenvalue weighted by atomic mass is 10.0. The van der Waals surface area contributed by atoms with Crippen LogP contribution in [0.4, 0.5) is 4.79 Å². The number of hydrogen-bond acceptors (Lipinski definition) is 3. The lowest BCUT2D eigenvalue weighted by Crippen LogP contribution is -2.45. The Balaban J connectivity index is 2.26. The van der Waals surface area contributed by atoms with Crippen molar-refractivity contribution in [2.45, 2.75) is 32.7 Å². The van der Waals surface area contributed by atoms with E-state index in [-0.39, 0.29) is 18.7 Å². The van der Waals surface area contributed by atoms with E-state index in [0.717, 1.165) is 10.2 Å². The maximum atomic E-state index is 11.7. The van der Waals surface area contributed by atoms with Gasteiger partial charge < -0.3 is 15.7 Å². The van der Waals surface area contributed by atoms with Crippen LogP contribution in [-0.4, -0.2) is 30.3 Å². The lowest BCUT2D eigenvalue weighted by Gasteiger charge is -2.21. The number of thiophene rings is 1. The molecule has 1 aromatic heterocycles. The number of nitrogens with one attached hydrogen (secondary N) is 2. The number of carbonyl (C=O) groups excluding carboxylic acids is 1. The molecule has 0 aliphatic rings. The summed E-state index contributed by atoms with van der Waals surface area (Å²) < 4.78 is 1.11. The fourth-order valence-electron chi connectivity index (χ4n) is 1.72. The standard InChI is InChI=1S/C13H21BrN2O2S/c1-9(2)11(6-8-17)16-13(18)15-7-5-10-3-4-12(14)19-10/h3-4,9,11,17H,5-8H2,1-2H3,(H2,15,16,18). The molecule has 0 saturated heterocycles. The second kappa shape index (κ2) is 8.55. The zero-order valence-electron chi connectivity index (χ0n) is 11.3. The van der Waals surface area contributed by atoms with Crippen molar-refractivity contribution >= 4 is 33.3 Å². The van der Waals surface area contributed by atoms with Gasteiger partial charge in [-0.05, 0) is 46.8 Å². The van der Waals surface area contributed by atoms with Crippen molar-refractivity contribution in [1.29, 1.82) is 0 Å². The SMILES string of the molecule is CC(C)C(CCO)NC(=O)NCCc1ccc(Br)s1. The molecule has 0 radical (unpaired) electrons. The van der Waals surface area contributed by atoms with E-state index in [9.17, 15) is 4.79 Å². The van der Waals surface area contributed by atoms with Crippen molar-refractivity contribution in [3.63, 3.8) is 0 Å². The van der Waals surface area contributed by atoms with Gasteiger partial charge in [-0.2, -0.15) is 0 Å². The molecule has 0 bridgehead atoms. The van der Waals surface area contributed by atoms with E-state index >= 15 is 0 Å². The van der Waals surface area contributed by atoms with Gasteiger partial charge in [-0.3, -0.25) is 0 Å². The zero-order chi connectivity index (χ0) is 14.3. The van der Waals surface area contributed by atoms with Gasteiger partial charge >= 0.3 is 6.03 Å². The Morgan fingerprint density at radius 3 is 2.74 bits per heavy atom. The normalized spacial score (nSPS) is 12.5. The molecule has 0 saturated carbocycles. The Morgan fingerprint density at radius 1 is 1.47 bits per heavy atom. The molecule has 0 aliphatic carbocycles. The quantitative estimate of drug-likeness (QED) is 0.709. The molecular formula is C13H21BrN2O2S. The summed E-state index contributed by atoms with van der Waals surface area (Å²) in [6, 6.07) is 3.91. The van der Waals surface area contributed by atoms with E-state index in [1.165, 1.54) is 4.88 Å². The Kier molecular flexibility index (Phi) is 7.41. The third kappa shape index (κ3) is 6.40. The number of rotatable bonds is 7. The van der Waals surface area contributed by atoms with Crippen LogP contribution in [0.25, 0.3) is 0 Å². The van der Waals surface area contributed by atoms with Crippen LogP contribution in [0.2, 0.25) is 0 Å². The maximum absolute atomic E-state index is 11.7. The second-order valence-corrected chi connectivity index (χ2v) is 7.27. The number of aliphatic hydroxyl groups is 1. The molecule has 3 N–H and O–H groups in total. The highest BCUT2D eigenvalue weighted by Gasteiger charge is 2.15. The van der Waals surface area contributed by atoms with Crippen molar-refractivity contribution in [3.05, 3.63) is 20.8 Å². The van der Waals surface area contributed by atoms with Gasteiger partial charge in [0.05, 0.1) is 3.79 Å². The van der Waals surface area contributed by atoms with Crippen LogP contribution in [0, 0.1) is 5.92 Å². The summed E-state index contributed by atoms with van der Waals surface area (Å²) in [5, 5.41) is 14.7. The van der Waals surface area contributed by atoms with E-state index in [1.54, 1.807) is 11.3 Å². The van der Waals surface area contributed by atoms with Crippen molar-refractivity contribution in [3.8, 4) is 0 Å². The average molecular weight is 349 g/mol. The molecule has 2 amide bonds. The van der Waals surface area contributed by atoms with Crippen LogP contribution in [0.3, 0.4) is 0 Å². The molecule has 0 spiro atoms. The van der Waals surface area contributed by atoms with Crippen LogP contribution in [0.15, 0.2) is 15.9 Å². The minimum atomic E-state index is -0.164. The number of halogens is 1. The van der Waals surface area contributed by atoms with Crippen LogP contribution < -0.4 is 10.6 Å². The highest BCUT2D eigenvalue weighted by Crippen LogP contribution is 2.21. The summed E-state index contributed by atoms with van der Waals surface area (Å²) in [7, 11) is 0. The first-order valence-corrected chi connectivity index (χ1v) is 8.03. The van der Waals surface area contributed by atoms with Gasteiger partial charge in [0.1, 0.15) is 0 Å².